The molecule has 2 aromatic carbocycles. The van der Waals surface area contributed by atoms with E-state index in [1.54, 1.807) is 31.6 Å². The van der Waals surface area contributed by atoms with Gasteiger partial charge >= 0.3 is 0 Å². The van der Waals surface area contributed by atoms with Crippen molar-refractivity contribution in [1.82, 2.24) is 15.3 Å². The Morgan fingerprint density at radius 3 is 2.65 bits per heavy atom. The van der Waals surface area contributed by atoms with E-state index in [1.807, 2.05) is 0 Å². The number of rotatable bonds is 11. The molecule has 0 aliphatic rings. The molecule has 180 valence electrons. The van der Waals surface area contributed by atoms with Gasteiger partial charge in [0.25, 0.3) is 15.7 Å². The Labute approximate surface area is 196 Å². The van der Waals surface area contributed by atoms with Gasteiger partial charge in [-0.3, -0.25) is 19.6 Å². The van der Waals surface area contributed by atoms with Gasteiger partial charge in [0.05, 0.1) is 24.0 Å². The van der Waals surface area contributed by atoms with Crippen LogP contribution >= 0.6 is 0 Å². The van der Waals surface area contributed by atoms with E-state index < -0.39 is 14.9 Å². The van der Waals surface area contributed by atoms with Crippen LogP contribution in [0.3, 0.4) is 0 Å². The van der Waals surface area contributed by atoms with E-state index in [4.69, 9.17) is 4.74 Å². The van der Waals surface area contributed by atoms with Crippen molar-refractivity contribution >= 4 is 27.3 Å². The molecule has 0 radical (unpaired) electrons. The van der Waals surface area contributed by atoms with Gasteiger partial charge in [-0.25, -0.2) is 13.4 Å². The quantitative estimate of drug-likeness (QED) is 0.277. The van der Waals surface area contributed by atoms with Crippen molar-refractivity contribution in [3.05, 3.63) is 75.9 Å². The molecule has 1 aromatic heterocycles. The summed E-state index contributed by atoms with van der Waals surface area (Å²) in [6, 6.07) is 8.47. The number of hydrogen-bond donors (Lipinski definition) is 3. The molecule has 3 N–H and O–H groups in total. The monoisotopic (exact) mass is 487 g/mol. The number of non-ortho nitro benzene ring substituents is 1. The van der Waals surface area contributed by atoms with E-state index in [1.165, 1.54) is 31.4 Å². The number of aromatic amines is 1. The molecule has 3 rings (SSSR count). The van der Waals surface area contributed by atoms with E-state index in [2.05, 4.69) is 20.0 Å². The van der Waals surface area contributed by atoms with Gasteiger partial charge in [0, 0.05) is 43.4 Å². The third-order valence-corrected chi connectivity index (χ3v) is 6.50. The molecule has 0 atom stereocenters. The Kier molecular flexibility index (Phi) is 7.84. The van der Waals surface area contributed by atoms with Crippen molar-refractivity contribution in [2.75, 3.05) is 18.4 Å². The smallest absolute Gasteiger partial charge is 0.269 e. The Bertz CT molecular complexity index is 1270. The predicted octanol–water partition coefficient (Wildman–Crippen LogP) is 2.73. The van der Waals surface area contributed by atoms with Crippen LogP contribution in [0.4, 0.5) is 11.4 Å². The first-order valence-corrected chi connectivity index (χ1v) is 11.9. The number of amides is 1. The maximum atomic E-state index is 12.9. The molecule has 0 saturated carbocycles. The number of hydrogen-bond acceptors (Lipinski definition) is 7. The van der Waals surface area contributed by atoms with Crippen LogP contribution in [0, 0.1) is 17.0 Å². The van der Waals surface area contributed by atoms with Crippen LogP contribution < -0.4 is 14.8 Å². The highest BCUT2D eigenvalue weighted by Crippen LogP contribution is 2.29. The van der Waals surface area contributed by atoms with Gasteiger partial charge in [0.15, 0.2) is 0 Å². The Hall–Kier alpha value is -3.93. The van der Waals surface area contributed by atoms with Crippen molar-refractivity contribution in [1.29, 1.82) is 0 Å². The van der Waals surface area contributed by atoms with Crippen molar-refractivity contribution in [3.8, 4) is 5.75 Å². The van der Waals surface area contributed by atoms with Crippen molar-refractivity contribution < 1.29 is 22.9 Å². The number of imidazole rings is 1. The zero-order valence-corrected chi connectivity index (χ0v) is 19.5. The number of sulfonamides is 1. The zero-order valence-electron chi connectivity index (χ0n) is 18.7. The summed E-state index contributed by atoms with van der Waals surface area (Å²) in [4.78, 5) is 29.3. The number of benzene rings is 2. The van der Waals surface area contributed by atoms with E-state index in [0.717, 1.165) is 11.3 Å². The molecule has 11 nitrogen and oxygen atoms in total. The molecule has 1 amide bonds. The van der Waals surface area contributed by atoms with Gasteiger partial charge < -0.3 is 15.0 Å². The Balaban J connectivity index is 1.64. The molecule has 12 heteroatoms. The molecule has 34 heavy (non-hydrogen) atoms. The lowest BCUT2D eigenvalue weighted by Gasteiger charge is -2.14. The van der Waals surface area contributed by atoms with Gasteiger partial charge in [-0.05, 0) is 42.7 Å². The standard InChI is InChI=1S/C22H25N5O6S/c1-15-11-18(27(29)30)5-6-19(15)26-34(31,32)21-7-3-16(12-20(21)33-2)4-8-22(28)24-10-9-17-13-23-14-25-17/h3,5-7,11-14,26H,4,8-10H2,1-2H3,(H,23,25)(H,24,28). The van der Waals surface area contributed by atoms with Crippen molar-refractivity contribution in [2.24, 2.45) is 0 Å². The average Bonchev–Trinajstić information content (AvgIpc) is 3.32. The van der Waals surface area contributed by atoms with E-state index in [9.17, 15) is 23.3 Å². The largest absolute Gasteiger partial charge is 0.495 e. The molecular weight excluding hydrogens is 462 g/mol. The second-order valence-corrected chi connectivity index (χ2v) is 9.17. The van der Waals surface area contributed by atoms with Gasteiger partial charge in [-0.1, -0.05) is 6.07 Å². The lowest BCUT2D eigenvalue weighted by atomic mass is 10.1. The summed E-state index contributed by atoms with van der Waals surface area (Å²) in [6.45, 7) is 2.06. The second kappa shape index (κ2) is 10.8. The number of nitro groups is 1. The molecule has 3 aromatic rings. The fraction of sp³-hybridized carbons (Fsp3) is 0.273. The molecule has 1 heterocycles. The molecule has 0 spiro atoms. The molecule has 0 aliphatic carbocycles. The lowest BCUT2D eigenvalue weighted by Crippen LogP contribution is -2.26. The fourth-order valence-electron chi connectivity index (χ4n) is 3.27. The number of ether oxygens (including phenoxy) is 1. The maximum Gasteiger partial charge on any atom is 0.269 e. The fourth-order valence-corrected chi connectivity index (χ4v) is 4.55. The Morgan fingerprint density at radius 1 is 1.21 bits per heavy atom. The number of H-pyrrole nitrogens is 1. The number of aromatic nitrogens is 2. The van der Waals surface area contributed by atoms with Crippen LogP contribution in [0.2, 0.25) is 0 Å². The summed E-state index contributed by atoms with van der Waals surface area (Å²) in [5.41, 5.74) is 2.17. The van der Waals surface area contributed by atoms with Crippen molar-refractivity contribution in [2.45, 2.75) is 31.1 Å². The SMILES string of the molecule is COc1cc(CCC(=O)NCCc2cnc[nH]2)ccc1S(=O)(=O)Nc1ccc([N+](=O)[O-])cc1C. The van der Waals surface area contributed by atoms with Gasteiger partial charge in [-0.2, -0.15) is 0 Å². The number of nitro benzene ring substituents is 1. The summed E-state index contributed by atoms with van der Waals surface area (Å²) in [7, 11) is -2.67. The van der Waals surface area contributed by atoms with Crippen LogP contribution in [0.5, 0.6) is 5.75 Å². The molecular formula is C22H25N5O6S. The molecule has 0 saturated heterocycles. The maximum absolute atomic E-state index is 12.9. The van der Waals surface area contributed by atoms with E-state index in [-0.39, 0.29) is 34.3 Å². The first kappa shape index (κ1) is 24.7. The highest BCUT2D eigenvalue weighted by molar-refractivity contribution is 7.92. The Morgan fingerprint density at radius 2 is 2.00 bits per heavy atom. The number of nitrogens with one attached hydrogen (secondary N) is 3. The number of aryl methyl sites for hydroxylation is 2. The third-order valence-electron chi connectivity index (χ3n) is 5.09. The minimum absolute atomic E-state index is 0.0829. The summed E-state index contributed by atoms with van der Waals surface area (Å²) < 4.78 is 33.6. The topological polar surface area (TPSA) is 156 Å². The van der Waals surface area contributed by atoms with Crippen LogP contribution in [0.15, 0.2) is 53.8 Å². The van der Waals surface area contributed by atoms with Crippen molar-refractivity contribution in [3.63, 3.8) is 0 Å². The first-order valence-electron chi connectivity index (χ1n) is 10.4. The van der Waals surface area contributed by atoms with Crippen LogP contribution in [0.1, 0.15) is 23.2 Å². The second-order valence-electron chi connectivity index (χ2n) is 7.52. The molecule has 0 unspecified atom stereocenters. The number of nitrogens with zero attached hydrogens (tertiary/aromatic N) is 2. The van der Waals surface area contributed by atoms with E-state index >= 15 is 0 Å². The molecule has 0 fully saturated rings. The number of carbonyl (C=O) groups is 1. The van der Waals surface area contributed by atoms with Gasteiger partial charge in [-0.15, -0.1) is 0 Å². The van der Waals surface area contributed by atoms with Gasteiger partial charge in [0.1, 0.15) is 10.6 Å². The lowest BCUT2D eigenvalue weighted by molar-refractivity contribution is -0.384. The average molecular weight is 488 g/mol. The summed E-state index contributed by atoms with van der Waals surface area (Å²) >= 11 is 0. The van der Waals surface area contributed by atoms with E-state index in [0.29, 0.717) is 24.9 Å². The third kappa shape index (κ3) is 6.32. The summed E-state index contributed by atoms with van der Waals surface area (Å²) in [6.07, 6.45) is 4.57. The minimum atomic E-state index is -4.03. The number of anilines is 1. The molecule has 0 bridgehead atoms. The molecule has 0 aliphatic heterocycles. The number of methoxy groups -OCH3 is 1. The highest BCUT2D eigenvalue weighted by atomic mass is 32.2. The summed E-state index contributed by atoms with van der Waals surface area (Å²) in [5.74, 6) is 0.00899. The number of carbonyl (C=O) groups excluding carboxylic acids is 1. The van der Waals surface area contributed by atoms with Crippen LogP contribution in [-0.2, 0) is 27.7 Å². The minimum Gasteiger partial charge on any atom is -0.495 e. The summed E-state index contributed by atoms with van der Waals surface area (Å²) in [5, 5.41) is 13.7. The normalized spacial score (nSPS) is 11.1. The van der Waals surface area contributed by atoms with Crippen LogP contribution in [-0.4, -0.2) is 42.9 Å². The predicted molar refractivity (Wildman–Crippen MR) is 125 cm³/mol. The zero-order chi connectivity index (χ0) is 24.7. The first-order chi connectivity index (χ1) is 16.2. The van der Waals surface area contributed by atoms with Crippen LogP contribution in [0.25, 0.3) is 0 Å². The highest BCUT2D eigenvalue weighted by Gasteiger charge is 2.21. The van der Waals surface area contributed by atoms with Gasteiger partial charge in [0.2, 0.25) is 5.91 Å².